The maximum absolute atomic E-state index is 11.8. The van der Waals surface area contributed by atoms with E-state index in [4.69, 9.17) is 26.8 Å². The molecule has 0 saturated carbocycles. The molecule has 0 unspecified atom stereocenters. The van der Waals surface area contributed by atoms with Crippen molar-refractivity contribution in [2.24, 2.45) is 5.73 Å². The van der Waals surface area contributed by atoms with Gasteiger partial charge in [-0.15, -0.1) is 0 Å². The molecule has 0 aromatic heterocycles. The molecule has 19 heavy (non-hydrogen) atoms. The van der Waals surface area contributed by atoms with Crippen LogP contribution in [0.5, 0.6) is 11.5 Å². The zero-order valence-corrected chi connectivity index (χ0v) is 11.2. The van der Waals surface area contributed by atoms with E-state index in [0.717, 1.165) is 0 Å². The second-order valence-corrected chi connectivity index (χ2v) is 4.09. The summed E-state index contributed by atoms with van der Waals surface area (Å²) in [4.78, 5) is 22.6. The fourth-order valence-corrected chi connectivity index (χ4v) is 1.45. The van der Waals surface area contributed by atoms with E-state index in [0.29, 0.717) is 6.61 Å². The first-order valence-electron chi connectivity index (χ1n) is 5.52. The highest BCUT2D eigenvalue weighted by molar-refractivity contribution is 6.32. The van der Waals surface area contributed by atoms with Crippen molar-refractivity contribution >= 4 is 23.5 Å². The van der Waals surface area contributed by atoms with Crippen LogP contribution in [0.1, 0.15) is 24.2 Å². The summed E-state index contributed by atoms with van der Waals surface area (Å²) in [5.41, 5.74) is 5.04. The lowest BCUT2D eigenvalue weighted by Gasteiger charge is -2.12. The lowest BCUT2D eigenvalue weighted by molar-refractivity contribution is -0.125. The van der Waals surface area contributed by atoms with Gasteiger partial charge in [-0.25, -0.2) is 4.79 Å². The summed E-state index contributed by atoms with van der Waals surface area (Å²) < 4.78 is 9.94. The van der Waals surface area contributed by atoms with Gasteiger partial charge in [-0.05, 0) is 26.0 Å². The van der Waals surface area contributed by atoms with Crippen molar-refractivity contribution in [2.45, 2.75) is 20.0 Å². The van der Waals surface area contributed by atoms with Gasteiger partial charge in [-0.2, -0.15) is 0 Å². The average molecular weight is 288 g/mol. The van der Waals surface area contributed by atoms with E-state index >= 15 is 0 Å². The molecule has 1 rings (SSSR count). The van der Waals surface area contributed by atoms with Crippen LogP contribution in [0.3, 0.4) is 0 Å². The number of carbonyl (C=O) groups excluding carboxylic acids is 2. The third-order valence-electron chi connectivity index (χ3n) is 2.25. The Morgan fingerprint density at radius 2 is 2.11 bits per heavy atom. The number of rotatable bonds is 5. The minimum Gasteiger partial charge on any atom is -0.503 e. The molecule has 0 aliphatic carbocycles. The van der Waals surface area contributed by atoms with Crippen molar-refractivity contribution in [3.8, 4) is 11.5 Å². The molecule has 1 amide bonds. The fourth-order valence-electron chi connectivity index (χ4n) is 1.24. The summed E-state index contributed by atoms with van der Waals surface area (Å²) >= 11 is 5.77. The molecule has 0 aliphatic heterocycles. The minimum absolute atomic E-state index is 0.0513. The van der Waals surface area contributed by atoms with E-state index in [1.165, 1.54) is 19.1 Å². The van der Waals surface area contributed by atoms with Crippen LogP contribution < -0.4 is 10.5 Å². The maximum Gasteiger partial charge on any atom is 0.339 e. The van der Waals surface area contributed by atoms with Gasteiger partial charge in [0.2, 0.25) is 0 Å². The van der Waals surface area contributed by atoms with Gasteiger partial charge in [0.1, 0.15) is 0 Å². The number of phenolic OH excluding ortho intramolecular Hbond substituents is 1. The van der Waals surface area contributed by atoms with Crippen LogP contribution in [0.4, 0.5) is 0 Å². The van der Waals surface area contributed by atoms with Gasteiger partial charge in [0, 0.05) is 0 Å². The highest BCUT2D eigenvalue weighted by Gasteiger charge is 2.19. The Hall–Kier alpha value is -1.95. The predicted molar refractivity (Wildman–Crippen MR) is 68.4 cm³/mol. The van der Waals surface area contributed by atoms with Crippen molar-refractivity contribution in [1.82, 2.24) is 0 Å². The molecule has 1 atom stereocenters. The van der Waals surface area contributed by atoms with Crippen molar-refractivity contribution < 1.29 is 24.2 Å². The number of hydrogen-bond donors (Lipinski definition) is 2. The summed E-state index contributed by atoms with van der Waals surface area (Å²) in [5.74, 6) is -1.74. The zero-order chi connectivity index (χ0) is 14.6. The smallest absolute Gasteiger partial charge is 0.339 e. The van der Waals surface area contributed by atoms with E-state index in [1.807, 2.05) is 0 Å². The summed E-state index contributed by atoms with van der Waals surface area (Å²) in [6, 6.07) is 2.50. The number of ether oxygens (including phenoxy) is 2. The molecule has 1 aromatic carbocycles. The fraction of sp³-hybridized carbons (Fsp3) is 0.333. The van der Waals surface area contributed by atoms with Crippen LogP contribution in [-0.4, -0.2) is 29.7 Å². The lowest BCUT2D eigenvalue weighted by atomic mass is 10.2. The van der Waals surface area contributed by atoms with Crippen molar-refractivity contribution in [2.75, 3.05) is 6.61 Å². The number of aromatic hydroxyl groups is 1. The Kier molecular flexibility index (Phi) is 5.00. The monoisotopic (exact) mass is 287 g/mol. The Morgan fingerprint density at radius 1 is 1.47 bits per heavy atom. The number of phenols is 1. The molecule has 0 radical (unpaired) electrons. The maximum atomic E-state index is 11.8. The second kappa shape index (κ2) is 6.29. The Bertz CT molecular complexity index is 503. The second-order valence-electron chi connectivity index (χ2n) is 3.69. The van der Waals surface area contributed by atoms with Gasteiger partial charge in [0.05, 0.1) is 17.2 Å². The first-order valence-corrected chi connectivity index (χ1v) is 5.90. The van der Waals surface area contributed by atoms with E-state index < -0.39 is 18.0 Å². The molecule has 104 valence electrons. The summed E-state index contributed by atoms with van der Waals surface area (Å²) in [7, 11) is 0. The highest BCUT2D eigenvalue weighted by atomic mass is 35.5. The summed E-state index contributed by atoms with van der Waals surface area (Å²) in [6.45, 7) is 3.36. The van der Waals surface area contributed by atoms with Gasteiger partial charge in [0.15, 0.2) is 17.6 Å². The third-order valence-corrected chi connectivity index (χ3v) is 2.54. The predicted octanol–water partition coefficient (Wildman–Crippen LogP) is 1.47. The molecule has 3 N–H and O–H groups in total. The summed E-state index contributed by atoms with van der Waals surface area (Å²) in [5, 5.41) is 9.57. The van der Waals surface area contributed by atoms with Gasteiger partial charge in [0.25, 0.3) is 5.91 Å². The highest BCUT2D eigenvalue weighted by Crippen LogP contribution is 2.35. The number of hydrogen-bond acceptors (Lipinski definition) is 5. The number of nitrogens with two attached hydrogens (primary N) is 1. The number of benzene rings is 1. The molecule has 7 heteroatoms. The quantitative estimate of drug-likeness (QED) is 0.799. The van der Waals surface area contributed by atoms with E-state index in [-0.39, 0.29) is 22.1 Å². The van der Waals surface area contributed by atoms with Crippen LogP contribution in [0.15, 0.2) is 12.1 Å². The topological polar surface area (TPSA) is 98.9 Å². The van der Waals surface area contributed by atoms with Crippen LogP contribution >= 0.6 is 11.6 Å². The SMILES string of the molecule is CCOc1cc(C(=O)O[C@H](C)C(N)=O)cc(Cl)c1O. The third kappa shape index (κ3) is 3.75. The molecular formula is C12H14ClNO5. The minimum atomic E-state index is -1.06. The number of esters is 1. The van der Waals surface area contributed by atoms with E-state index in [2.05, 4.69) is 0 Å². The number of halogens is 1. The zero-order valence-electron chi connectivity index (χ0n) is 10.5. The Labute approximate surface area is 115 Å². The van der Waals surface area contributed by atoms with Crippen LogP contribution in [0.2, 0.25) is 5.02 Å². The van der Waals surface area contributed by atoms with Crippen molar-refractivity contribution in [1.29, 1.82) is 0 Å². The van der Waals surface area contributed by atoms with Crippen LogP contribution in [0, 0.1) is 0 Å². The number of amides is 1. The average Bonchev–Trinajstić information content (AvgIpc) is 2.34. The Morgan fingerprint density at radius 3 is 2.63 bits per heavy atom. The lowest BCUT2D eigenvalue weighted by Crippen LogP contribution is -2.30. The molecule has 1 aromatic rings. The number of primary amides is 1. The normalized spacial score (nSPS) is 11.7. The van der Waals surface area contributed by atoms with E-state index in [1.54, 1.807) is 6.92 Å². The molecule has 0 heterocycles. The summed E-state index contributed by atoms with van der Waals surface area (Å²) in [6.07, 6.45) is -1.06. The van der Waals surface area contributed by atoms with Crippen molar-refractivity contribution in [3.63, 3.8) is 0 Å². The standard InChI is InChI=1S/C12H14ClNO5/c1-3-18-9-5-7(4-8(13)10(9)15)12(17)19-6(2)11(14)16/h4-6,15H,3H2,1-2H3,(H2,14,16)/t6-/m1/s1. The van der Waals surface area contributed by atoms with Crippen LogP contribution in [-0.2, 0) is 9.53 Å². The van der Waals surface area contributed by atoms with Crippen molar-refractivity contribution in [3.05, 3.63) is 22.7 Å². The van der Waals surface area contributed by atoms with Gasteiger partial charge in [-0.1, -0.05) is 11.6 Å². The molecule has 0 spiro atoms. The Balaban J connectivity index is 3.00. The molecule has 0 saturated heterocycles. The molecular weight excluding hydrogens is 274 g/mol. The first kappa shape index (κ1) is 15.1. The van der Waals surface area contributed by atoms with E-state index in [9.17, 15) is 14.7 Å². The largest absolute Gasteiger partial charge is 0.503 e. The van der Waals surface area contributed by atoms with Gasteiger partial charge in [-0.3, -0.25) is 4.79 Å². The first-order chi connectivity index (χ1) is 8.86. The molecule has 0 fully saturated rings. The molecule has 6 nitrogen and oxygen atoms in total. The number of carbonyl (C=O) groups is 2. The molecule has 0 bridgehead atoms. The van der Waals surface area contributed by atoms with Gasteiger partial charge >= 0.3 is 5.97 Å². The van der Waals surface area contributed by atoms with Gasteiger partial charge < -0.3 is 20.3 Å². The van der Waals surface area contributed by atoms with Crippen LogP contribution in [0.25, 0.3) is 0 Å². The molecule has 0 aliphatic rings.